The van der Waals surface area contributed by atoms with Crippen molar-refractivity contribution >= 4 is 0 Å². The summed E-state index contributed by atoms with van der Waals surface area (Å²) in [7, 11) is 0. The largest absolute Gasteiger partial charge is 0.0879 e. The van der Waals surface area contributed by atoms with E-state index in [0.717, 1.165) is 0 Å². The lowest BCUT2D eigenvalue weighted by Gasteiger charge is -2.36. The van der Waals surface area contributed by atoms with Crippen molar-refractivity contribution in [1.82, 2.24) is 0 Å². The summed E-state index contributed by atoms with van der Waals surface area (Å²) in [5.41, 5.74) is 0.611. The van der Waals surface area contributed by atoms with Gasteiger partial charge in [0.1, 0.15) is 0 Å². The molecule has 1 saturated carbocycles. The van der Waals surface area contributed by atoms with Gasteiger partial charge in [-0.1, -0.05) is 12.2 Å². The Morgan fingerprint density at radius 3 is 2.25 bits per heavy atom. The summed E-state index contributed by atoms with van der Waals surface area (Å²) in [6.45, 7) is 0. The van der Waals surface area contributed by atoms with E-state index in [0.29, 0.717) is 5.41 Å². The third kappa shape index (κ3) is 0.460. The normalized spacial score (nSPS) is 31.0. The molecule has 43 valence electrons. The first-order valence-electron chi connectivity index (χ1n) is 3.43. The van der Waals surface area contributed by atoms with Crippen LogP contribution in [-0.4, -0.2) is 0 Å². The van der Waals surface area contributed by atoms with Crippen LogP contribution < -0.4 is 0 Å². The highest BCUT2D eigenvalue weighted by Crippen LogP contribution is 2.48. The molecule has 0 aromatic carbocycles. The summed E-state index contributed by atoms with van der Waals surface area (Å²) in [6, 6.07) is 0. The van der Waals surface area contributed by atoms with E-state index >= 15 is 0 Å². The molecule has 2 rings (SSSR count). The molecule has 0 aromatic rings. The lowest BCUT2D eigenvalue weighted by atomic mass is 9.69. The topological polar surface area (TPSA) is 0 Å². The Balaban J connectivity index is 2.13. The van der Waals surface area contributed by atoms with Crippen LogP contribution in [-0.2, 0) is 0 Å². The molecule has 0 heterocycles. The fourth-order valence-corrected chi connectivity index (χ4v) is 1.65. The molecule has 0 aliphatic heterocycles. The molecule has 0 nitrogen and oxygen atoms in total. The van der Waals surface area contributed by atoms with Crippen molar-refractivity contribution < 1.29 is 0 Å². The Kier molecular flexibility index (Phi) is 0.787. The number of hydrogen-bond donors (Lipinski definition) is 0. The van der Waals surface area contributed by atoms with Gasteiger partial charge < -0.3 is 0 Å². The average Bonchev–Trinajstić information content (AvgIpc) is 2.07. The smallest absolute Gasteiger partial charge is 0.00840 e. The number of rotatable bonds is 0. The van der Waals surface area contributed by atoms with Crippen molar-refractivity contribution in [2.45, 2.75) is 25.7 Å². The second kappa shape index (κ2) is 1.37. The van der Waals surface area contributed by atoms with E-state index in [1.54, 1.807) is 0 Å². The Bertz CT molecular complexity index is 118. The maximum atomic E-state index is 2.45. The SMILES string of the molecule is [CH]1CCC12C=CCC2. The average molecular weight is 107 g/mol. The first-order chi connectivity index (χ1) is 3.91. The molecular weight excluding hydrogens is 96.1 g/mol. The predicted octanol–water partition coefficient (Wildman–Crippen LogP) is 2.32. The molecule has 0 amide bonds. The van der Waals surface area contributed by atoms with E-state index < -0.39 is 0 Å². The standard InChI is InChI=1S/C8H11/c1-2-5-8(4-1)6-3-7-8/h1,4,6H,2-3,5,7H2. The third-order valence-electron chi connectivity index (χ3n) is 2.39. The van der Waals surface area contributed by atoms with Gasteiger partial charge in [0.05, 0.1) is 0 Å². The molecule has 2 aliphatic carbocycles. The lowest BCUT2D eigenvalue weighted by molar-refractivity contribution is 0.305. The van der Waals surface area contributed by atoms with Crippen LogP contribution in [0.5, 0.6) is 0 Å². The van der Waals surface area contributed by atoms with Crippen LogP contribution in [0.2, 0.25) is 0 Å². The highest BCUT2D eigenvalue weighted by atomic mass is 14.4. The molecule has 0 bridgehead atoms. The zero-order valence-corrected chi connectivity index (χ0v) is 5.06. The van der Waals surface area contributed by atoms with Gasteiger partial charge in [0.15, 0.2) is 0 Å². The van der Waals surface area contributed by atoms with Gasteiger partial charge >= 0.3 is 0 Å². The van der Waals surface area contributed by atoms with E-state index in [1.165, 1.54) is 25.7 Å². The number of hydrogen-bond acceptors (Lipinski definition) is 0. The minimum atomic E-state index is 0.611. The number of allylic oxidation sites excluding steroid dienone is 2. The molecule has 8 heavy (non-hydrogen) atoms. The Morgan fingerprint density at radius 2 is 2.00 bits per heavy atom. The maximum Gasteiger partial charge on any atom is -0.00840 e. The monoisotopic (exact) mass is 107 g/mol. The maximum absolute atomic E-state index is 2.45. The minimum Gasteiger partial charge on any atom is -0.0879 e. The molecule has 0 N–H and O–H groups in total. The lowest BCUT2D eigenvalue weighted by Crippen LogP contribution is -2.24. The van der Waals surface area contributed by atoms with Crippen molar-refractivity contribution in [3.8, 4) is 0 Å². The van der Waals surface area contributed by atoms with Crippen LogP contribution in [0.15, 0.2) is 12.2 Å². The summed E-state index contributed by atoms with van der Waals surface area (Å²) in [5, 5.41) is 0. The molecule has 0 saturated heterocycles. The third-order valence-corrected chi connectivity index (χ3v) is 2.39. The zero-order chi connectivity index (χ0) is 5.45. The first-order valence-corrected chi connectivity index (χ1v) is 3.43. The summed E-state index contributed by atoms with van der Waals surface area (Å²) in [5.74, 6) is 0. The summed E-state index contributed by atoms with van der Waals surface area (Å²) in [4.78, 5) is 0. The van der Waals surface area contributed by atoms with Crippen molar-refractivity contribution in [1.29, 1.82) is 0 Å². The summed E-state index contributed by atoms with van der Waals surface area (Å²) >= 11 is 0. The van der Waals surface area contributed by atoms with E-state index in [9.17, 15) is 0 Å². The molecule has 0 aromatic heterocycles. The second-order valence-electron chi connectivity index (χ2n) is 2.92. The van der Waals surface area contributed by atoms with Crippen LogP contribution >= 0.6 is 0 Å². The van der Waals surface area contributed by atoms with Gasteiger partial charge in [0, 0.05) is 0 Å². The quantitative estimate of drug-likeness (QED) is 0.417. The first kappa shape index (κ1) is 4.60. The van der Waals surface area contributed by atoms with Gasteiger partial charge in [0.2, 0.25) is 0 Å². The Labute approximate surface area is 50.6 Å². The molecule has 1 fully saturated rings. The predicted molar refractivity (Wildman–Crippen MR) is 34.3 cm³/mol. The molecule has 1 atom stereocenters. The van der Waals surface area contributed by atoms with Gasteiger partial charge in [0.25, 0.3) is 0 Å². The fourth-order valence-electron chi connectivity index (χ4n) is 1.65. The van der Waals surface area contributed by atoms with Gasteiger partial charge in [-0.3, -0.25) is 0 Å². The zero-order valence-electron chi connectivity index (χ0n) is 5.06. The van der Waals surface area contributed by atoms with Gasteiger partial charge in [-0.2, -0.15) is 0 Å². The summed E-state index contributed by atoms with van der Waals surface area (Å²) in [6.07, 6.45) is 12.6. The van der Waals surface area contributed by atoms with E-state index in [1.807, 2.05) is 0 Å². The van der Waals surface area contributed by atoms with Crippen molar-refractivity contribution in [2.75, 3.05) is 0 Å². The van der Waals surface area contributed by atoms with Crippen LogP contribution in [0, 0.1) is 11.8 Å². The van der Waals surface area contributed by atoms with Crippen LogP contribution in [0.1, 0.15) is 25.7 Å². The molecule has 0 heteroatoms. The van der Waals surface area contributed by atoms with Crippen molar-refractivity contribution in [3.05, 3.63) is 18.6 Å². The highest BCUT2D eigenvalue weighted by molar-refractivity contribution is 5.18. The second-order valence-corrected chi connectivity index (χ2v) is 2.92. The van der Waals surface area contributed by atoms with Gasteiger partial charge in [-0.25, -0.2) is 0 Å². The molecular formula is C8H11. The van der Waals surface area contributed by atoms with Gasteiger partial charge in [-0.15, -0.1) is 0 Å². The summed E-state index contributed by atoms with van der Waals surface area (Å²) < 4.78 is 0. The van der Waals surface area contributed by atoms with Crippen LogP contribution in [0.3, 0.4) is 0 Å². The molecule has 1 spiro atoms. The van der Waals surface area contributed by atoms with E-state index in [4.69, 9.17) is 0 Å². The molecule has 2 aliphatic rings. The van der Waals surface area contributed by atoms with Crippen molar-refractivity contribution in [3.63, 3.8) is 0 Å². The highest BCUT2D eigenvalue weighted by Gasteiger charge is 2.35. The minimum absolute atomic E-state index is 0.611. The van der Waals surface area contributed by atoms with E-state index in [-0.39, 0.29) is 0 Å². The van der Waals surface area contributed by atoms with Crippen molar-refractivity contribution in [2.24, 2.45) is 5.41 Å². The van der Waals surface area contributed by atoms with Gasteiger partial charge in [-0.05, 0) is 37.5 Å². The Morgan fingerprint density at radius 1 is 1.12 bits per heavy atom. The fraction of sp³-hybridized carbons (Fsp3) is 0.625. The molecule has 1 radical (unpaired) electrons. The van der Waals surface area contributed by atoms with Crippen LogP contribution in [0.4, 0.5) is 0 Å². The molecule has 1 unspecified atom stereocenters. The Hall–Kier alpha value is -0.260. The van der Waals surface area contributed by atoms with E-state index in [2.05, 4.69) is 18.6 Å². The van der Waals surface area contributed by atoms with Crippen LogP contribution in [0.25, 0.3) is 0 Å².